The monoisotopic (exact) mass is 354 g/mol. The Bertz CT molecular complexity index is 784. The molecule has 0 N–H and O–H groups in total. The Morgan fingerprint density at radius 2 is 1.92 bits per heavy atom. The molecule has 1 atom stereocenters. The summed E-state index contributed by atoms with van der Waals surface area (Å²) in [5, 5.41) is 0. The zero-order chi connectivity index (χ0) is 17.4. The van der Waals surface area contributed by atoms with Crippen LogP contribution in [0.25, 0.3) is 0 Å². The van der Waals surface area contributed by atoms with Gasteiger partial charge in [0.1, 0.15) is 0 Å². The normalized spacial score (nSPS) is 23.9. The molecule has 132 valence electrons. The number of carbonyl (C=O) groups excluding carboxylic acids is 1. The smallest absolute Gasteiger partial charge is 0.230 e. The van der Waals surface area contributed by atoms with Gasteiger partial charge in [-0.25, -0.2) is 0 Å². The predicted molar refractivity (Wildman–Crippen MR) is 103 cm³/mol. The van der Waals surface area contributed by atoms with Crippen LogP contribution >= 0.6 is 11.3 Å². The predicted octanol–water partition coefficient (Wildman–Crippen LogP) is 3.99. The molecule has 1 amide bonds. The molecule has 1 unspecified atom stereocenters. The van der Waals surface area contributed by atoms with E-state index in [9.17, 15) is 4.79 Å². The SMILES string of the molecule is Cc1cccc(CN2CCC3(CCN(Cc4ccc(C)s4)C3)C2=O)c1. The third-order valence-corrected chi connectivity index (χ3v) is 6.65. The molecule has 4 rings (SSSR count). The highest BCUT2D eigenvalue weighted by molar-refractivity contribution is 7.11. The minimum atomic E-state index is -0.129. The molecule has 1 aromatic carbocycles. The second kappa shape index (κ2) is 6.58. The van der Waals surface area contributed by atoms with E-state index in [-0.39, 0.29) is 5.41 Å². The van der Waals surface area contributed by atoms with E-state index in [1.807, 2.05) is 11.3 Å². The van der Waals surface area contributed by atoms with Crippen molar-refractivity contribution in [3.8, 4) is 0 Å². The summed E-state index contributed by atoms with van der Waals surface area (Å²) in [6, 6.07) is 12.9. The number of likely N-dealkylation sites (tertiary alicyclic amines) is 2. The lowest BCUT2D eigenvalue weighted by molar-refractivity contribution is -0.136. The summed E-state index contributed by atoms with van der Waals surface area (Å²) in [6.45, 7) is 8.88. The van der Waals surface area contributed by atoms with Gasteiger partial charge in [0.15, 0.2) is 0 Å². The minimum absolute atomic E-state index is 0.129. The number of amides is 1. The van der Waals surface area contributed by atoms with Gasteiger partial charge in [0.2, 0.25) is 5.91 Å². The number of benzene rings is 1. The fourth-order valence-corrected chi connectivity index (χ4v) is 5.27. The molecule has 3 heterocycles. The molecule has 2 fully saturated rings. The van der Waals surface area contributed by atoms with E-state index in [0.29, 0.717) is 5.91 Å². The Morgan fingerprint density at radius 3 is 2.68 bits per heavy atom. The summed E-state index contributed by atoms with van der Waals surface area (Å²) in [6.07, 6.45) is 2.03. The van der Waals surface area contributed by atoms with Crippen molar-refractivity contribution in [1.29, 1.82) is 0 Å². The van der Waals surface area contributed by atoms with Crippen LogP contribution in [0.2, 0.25) is 0 Å². The van der Waals surface area contributed by atoms with Crippen LogP contribution < -0.4 is 0 Å². The van der Waals surface area contributed by atoms with E-state index in [2.05, 4.69) is 60.0 Å². The van der Waals surface area contributed by atoms with Crippen LogP contribution in [0.1, 0.15) is 33.7 Å². The number of thiophene rings is 1. The van der Waals surface area contributed by atoms with Gasteiger partial charge >= 0.3 is 0 Å². The molecule has 2 saturated heterocycles. The lowest BCUT2D eigenvalue weighted by Gasteiger charge is -2.23. The number of nitrogens with zero attached hydrogens (tertiary/aromatic N) is 2. The van der Waals surface area contributed by atoms with Gasteiger partial charge in [-0.3, -0.25) is 9.69 Å². The second-order valence-corrected chi connectivity index (χ2v) is 9.09. The Labute approximate surface area is 154 Å². The molecular weight excluding hydrogens is 328 g/mol. The van der Waals surface area contributed by atoms with Gasteiger partial charge in [-0.05, 0) is 50.9 Å². The highest BCUT2D eigenvalue weighted by Gasteiger charge is 2.50. The quantitative estimate of drug-likeness (QED) is 0.829. The van der Waals surface area contributed by atoms with Crippen LogP contribution in [0.5, 0.6) is 0 Å². The van der Waals surface area contributed by atoms with Crippen molar-refractivity contribution in [2.75, 3.05) is 19.6 Å². The van der Waals surface area contributed by atoms with Crippen LogP contribution in [-0.4, -0.2) is 35.3 Å². The Kier molecular flexibility index (Phi) is 4.42. The summed E-state index contributed by atoms with van der Waals surface area (Å²) in [4.78, 5) is 20.5. The van der Waals surface area contributed by atoms with Gasteiger partial charge in [0.25, 0.3) is 0 Å². The highest BCUT2D eigenvalue weighted by atomic mass is 32.1. The largest absolute Gasteiger partial charge is 0.338 e. The summed E-state index contributed by atoms with van der Waals surface area (Å²) in [5.41, 5.74) is 2.38. The van der Waals surface area contributed by atoms with Crippen molar-refractivity contribution < 1.29 is 4.79 Å². The summed E-state index contributed by atoms with van der Waals surface area (Å²) >= 11 is 1.87. The molecular formula is C21H26N2OS. The van der Waals surface area contributed by atoms with Crippen molar-refractivity contribution in [3.05, 3.63) is 57.3 Å². The molecule has 2 aliphatic rings. The van der Waals surface area contributed by atoms with Crippen molar-refractivity contribution >= 4 is 17.2 Å². The number of hydrogen-bond donors (Lipinski definition) is 0. The van der Waals surface area contributed by atoms with E-state index < -0.39 is 0 Å². The second-order valence-electron chi connectivity index (χ2n) is 7.72. The van der Waals surface area contributed by atoms with E-state index >= 15 is 0 Å². The summed E-state index contributed by atoms with van der Waals surface area (Å²) < 4.78 is 0. The van der Waals surface area contributed by atoms with Crippen molar-refractivity contribution in [3.63, 3.8) is 0 Å². The zero-order valence-corrected chi connectivity index (χ0v) is 15.9. The molecule has 1 spiro atoms. The molecule has 0 bridgehead atoms. The van der Waals surface area contributed by atoms with E-state index in [0.717, 1.165) is 45.6 Å². The third-order valence-electron chi connectivity index (χ3n) is 5.67. The van der Waals surface area contributed by atoms with Crippen LogP contribution in [0.4, 0.5) is 0 Å². The maximum absolute atomic E-state index is 13.1. The van der Waals surface area contributed by atoms with Crippen LogP contribution in [0.15, 0.2) is 36.4 Å². The van der Waals surface area contributed by atoms with Gasteiger partial charge < -0.3 is 4.90 Å². The highest BCUT2D eigenvalue weighted by Crippen LogP contribution is 2.41. The number of aryl methyl sites for hydroxylation is 2. The van der Waals surface area contributed by atoms with E-state index in [4.69, 9.17) is 0 Å². The van der Waals surface area contributed by atoms with Gasteiger partial charge in [-0.15, -0.1) is 11.3 Å². The minimum Gasteiger partial charge on any atom is -0.338 e. The first-order chi connectivity index (χ1) is 12.0. The van der Waals surface area contributed by atoms with E-state index in [1.165, 1.54) is 20.9 Å². The van der Waals surface area contributed by atoms with Gasteiger partial charge in [-0.2, -0.15) is 0 Å². The molecule has 2 aromatic rings. The number of carbonyl (C=O) groups is 1. The fourth-order valence-electron chi connectivity index (χ4n) is 4.34. The molecule has 0 radical (unpaired) electrons. The molecule has 3 nitrogen and oxygen atoms in total. The average molecular weight is 355 g/mol. The fraction of sp³-hybridized carbons (Fsp3) is 0.476. The first kappa shape index (κ1) is 16.8. The topological polar surface area (TPSA) is 23.6 Å². The standard InChI is InChI=1S/C21H26N2OS/c1-16-4-3-5-18(12-16)13-23-11-9-21(20(23)24)8-10-22(15-21)14-19-7-6-17(2)25-19/h3-7,12H,8-11,13-15H2,1-2H3. The Hall–Kier alpha value is -1.65. The van der Waals surface area contributed by atoms with Crippen molar-refractivity contribution in [1.82, 2.24) is 9.80 Å². The summed E-state index contributed by atoms with van der Waals surface area (Å²) in [5.74, 6) is 0.374. The van der Waals surface area contributed by atoms with E-state index in [1.54, 1.807) is 0 Å². The lowest BCUT2D eigenvalue weighted by atomic mass is 9.85. The number of hydrogen-bond acceptors (Lipinski definition) is 3. The lowest BCUT2D eigenvalue weighted by Crippen LogP contribution is -2.36. The molecule has 2 aliphatic heterocycles. The van der Waals surface area contributed by atoms with Gasteiger partial charge in [-0.1, -0.05) is 29.8 Å². The van der Waals surface area contributed by atoms with Crippen molar-refractivity contribution in [2.45, 2.75) is 39.8 Å². The number of rotatable bonds is 4. The first-order valence-electron chi connectivity index (χ1n) is 9.17. The third kappa shape index (κ3) is 3.38. The first-order valence-corrected chi connectivity index (χ1v) is 9.98. The van der Waals surface area contributed by atoms with Gasteiger partial charge in [0, 0.05) is 35.9 Å². The summed E-state index contributed by atoms with van der Waals surface area (Å²) in [7, 11) is 0. The molecule has 0 saturated carbocycles. The zero-order valence-electron chi connectivity index (χ0n) is 15.1. The average Bonchev–Trinajstić information content (AvgIpc) is 3.25. The van der Waals surface area contributed by atoms with Crippen molar-refractivity contribution in [2.24, 2.45) is 5.41 Å². The van der Waals surface area contributed by atoms with Crippen LogP contribution in [-0.2, 0) is 17.9 Å². The molecule has 1 aromatic heterocycles. The van der Waals surface area contributed by atoms with Crippen LogP contribution in [0.3, 0.4) is 0 Å². The molecule has 4 heteroatoms. The molecule has 0 aliphatic carbocycles. The maximum atomic E-state index is 13.1. The Morgan fingerprint density at radius 1 is 1.08 bits per heavy atom. The maximum Gasteiger partial charge on any atom is 0.230 e. The van der Waals surface area contributed by atoms with Crippen LogP contribution in [0, 0.1) is 19.3 Å². The van der Waals surface area contributed by atoms with Gasteiger partial charge in [0.05, 0.1) is 5.41 Å². The molecule has 25 heavy (non-hydrogen) atoms. The Balaban J connectivity index is 1.41.